The van der Waals surface area contributed by atoms with E-state index in [9.17, 15) is 4.79 Å². The highest BCUT2D eigenvalue weighted by Gasteiger charge is 2.24. The first kappa shape index (κ1) is 11.4. The summed E-state index contributed by atoms with van der Waals surface area (Å²) in [6.07, 6.45) is 1.59. The molecule has 0 saturated carbocycles. The van der Waals surface area contributed by atoms with Gasteiger partial charge in [-0.3, -0.25) is 4.79 Å². The number of rotatable bonds is 3. The van der Waals surface area contributed by atoms with E-state index in [1.165, 1.54) is 11.3 Å². The molecule has 1 aliphatic heterocycles. The smallest absolute Gasteiger partial charge is 0.271 e. The average Bonchev–Trinajstić information content (AvgIpc) is 2.91. The van der Waals surface area contributed by atoms with Crippen LogP contribution in [0.2, 0.25) is 0 Å². The summed E-state index contributed by atoms with van der Waals surface area (Å²) in [4.78, 5) is 17.2. The van der Waals surface area contributed by atoms with Gasteiger partial charge >= 0.3 is 0 Å². The summed E-state index contributed by atoms with van der Waals surface area (Å²) in [6, 6.07) is 3.75. The number of hydrogen-bond donors (Lipinski definition) is 1. The van der Waals surface area contributed by atoms with Crippen LogP contribution < -0.4 is 5.32 Å². The fourth-order valence-electron chi connectivity index (χ4n) is 1.69. The minimum absolute atomic E-state index is 0.116. The van der Waals surface area contributed by atoms with Gasteiger partial charge in [-0.1, -0.05) is 0 Å². The predicted molar refractivity (Wildman–Crippen MR) is 66.6 cm³/mol. The van der Waals surface area contributed by atoms with Crippen LogP contribution in [0, 0.1) is 6.92 Å². The van der Waals surface area contributed by atoms with Crippen LogP contribution in [0.25, 0.3) is 10.8 Å². The van der Waals surface area contributed by atoms with E-state index in [0.29, 0.717) is 24.7 Å². The Labute approximate surface area is 108 Å². The molecular formula is C12H12N2O3S. The maximum absolute atomic E-state index is 12.0. The molecule has 18 heavy (non-hydrogen) atoms. The van der Waals surface area contributed by atoms with E-state index in [4.69, 9.17) is 9.15 Å². The molecule has 1 N–H and O–H groups in total. The minimum Gasteiger partial charge on any atom is -0.462 e. The topological polar surface area (TPSA) is 64.4 Å². The molecule has 0 unspecified atom stereocenters. The quantitative estimate of drug-likeness (QED) is 0.918. The Morgan fingerprint density at radius 3 is 3.00 bits per heavy atom. The predicted octanol–water partition coefficient (Wildman–Crippen LogP) is 1.84. The molecule has 2 aromatic heterocycles. The molecule has 0 aromatic carbocycles. The first-order valence-corrected chi connectivity index (χ1v) is 6.45. The van der Waals surface area contributed by atoms with Crippen LogP contribution in [0.15, 0.2) is 22.8 Å². The summed E-state index contributed by atoms with van der Waals surface area (Å²) in [5.74, 6) is 0.545. The number of amides is 1. The van der Waals surface area contributed by atoms with E-state index in [2.05, 4.69) is 10.3 Å². The molecule has 0 atom stereocenters. The standard InChI is InChI=1S/C12H12N2O3S/c1-7-10(11(15)13-8-5-16-6-8)14-12(18-7)9-3-2-4-17-9/h2-4,8H,5-6H2,1H3,(H,13,15). The third kappa shape index (κ3) is 2.04. The average molecular weight is 264 g/mol. The van der Waals surface area contributed by atoms with Gasteiger partial charge in [-0.25, -0.2) is 4.98 Å². The van der Waals surface area contributed by atoms with E-state index in [1.807, 2.05) is 13.0 Å². The Hall–Kier alpha value is -1.66. The summed E-state index contributed by atoms with van der Waals surface area (Å²) in [7, 11) is 0. The molecule has 0 radical (unpaired) electrons. The number of aryl methyl sites for hydroxylation is 1. The van der Waals surface area contributed by atoms with Crippen molar-refractivity contribution in [3.8, 4) is 10.8 Å². The van der Waals surface area contributed by atoms with E-state index in [0.717, 1.165) is 9.88 Å². The molecule has 1 saturated heterocycles. The first-order valence-electron chi connectivity index (χ1n) is 5.64. The maximum Gasteiger partial charge on any atom is 0.271 e. The van der Waals surface area contributed by atoms with Crippen molar-refractivity contribution in [1.82, 2.24) is 10.3 Å². The van der Waals surface area contributed by atoms with Crippen molar-refractivity contribution < 1.29 is 13.9 Å². The molecule has 1 aliphatic rings. The number of ether oxygens (including phenoxy) is 1. The Morgan fingerprint density at radius 2 is 2.39 bits per heavy atom. The molecular weight excluding hydrogens is 252 g/mol. The summed E-state index contributed by atoms with van der Waals surface area (Å²) in [5, 5.41) is 3.61. The van der Waals surface area contributed by atoms with Gasteiger partial charge in [0.25, 0.3) is 5.91 Å². The molecule has 3 rings (SSSR count). The monoisotopic (exact) mass is 264 g/mol. The zero-order chi connectivity index (χ0) is 12.5. The maximum atomic E-state index is 12.0. The van der Waals surface area contributed by atoms with Crippen LogP contribution in [-0.4, -0.2) is 30.1 Å². The normalized spacial score (nSPS) is 15.4. The third-order valence-corrected chi connectivity index (χ3v) is 3.70. The van der Waals surface area contributed by atoms with Crippen LogP contribution in [0.1, 0.15) is 15.4 Å². The number of nitrogens with zero attached hydrogens (tertiary/aromatic N) is 1. The number of hydrogen-bond acceptors (Lipinski definition) is 5. The second-order valence-corrected chi connectivity index (χ2v) is 5.31. The molecule has 5 nitrogen and oxygen atoms in total. The number of nitrogens with one attached hydrogen (secondary N) is 1. The molecule has 2 aromatic rings. The molecule has 0 spiro atoms. The lowest BCUT2D eigenvalue weighted by molar-refractivity contribution is -0.00354. The van der Waals surface area contributed by atoms with Gasteiger partial charge in [-0.2, -0.15) is 0 Å². The van der Waals surface area contributed by atoms with Gasteiger partial charge < -0.3 is 14.5 Å². The Balaban J connectivity index is 1.81. The Morgan fingerprint density at radius 1 is 1.56 bits per heavy atom. The zero-order valence-corrected chi connectivity index (χ0v) is 10.6. The van der Waals surface area contributed by atoms with Crippen molar-refractivity contribution >= 4 is 17.2 Å². The molecule has 6 heteroatoms. The Kier molecular flexibility index (Phi) is 2.89. The lowest BCUT2D eigenvalue weighted by atomic mass is 10.2. The molecule has 1 fully saturated rings. The lowest BCUT2D eigenvalue weighted by Crippen LogP contribution is -2.48. The van der Waals surface area contributed by atoms with E-state index < -0.39 is 0 Å². The zero-order valence-electron chi connectivity index (χ0n) is 9.80. The largest absolute Gasteiger partial charge is 0.462 e. The second kappa shape index (κ2) is 4.55. The van der Waals surface area contributed by atoms with E-state index in [-0.39, 0.29) is 11.9 Å². The van der Waals surface area contributed by atoms with Crippen molar-refractivity contribution in [2.24, 2.45) is 0 Å². The number of carbonyl (C=O) groups excluding carboxylic acids is 1. The van der Waals surface area contributed by atoms with Gasteiger partial charge in [-0.05, 0) is 19.1 Å². The highest BCUT2D eigenvalue weighted by molar-refractivity contribution is 7.15. The van der Waals surface area contributed by atoms with Crippen molar-refractivity contribution in [2.75, 3.05) is 13.2 Å². The van der Waals surface area contributed by atoms with Crippen LogP contribution in [0.5, 0.6) is 0 Å². The summed E-state index contributed by atoms with van der Waals surface area (Å²) >= 11 is 1.46. The van der Waals surface area contributed by atoms with Crippen LogP contribution in [0.3, 0.4) is 0 Å². The van der Waals surface area contributed by atoms with Gasteiger partial charge in [0.1, 0.15) is 5.69 Å². The van der Waals surface area contributed by atoms with Crippen LogP contribution in [-0.2, 0) is 4.74 Å². The van der Waals surface area contributed by atoms with Crippen molar-refractivity contribution in [3.63, 3.8) is 0 Å². The van der Waals surface area contributed by atoms with Crippen molar-refractivity contribution in [3.05, 3.63) is 29.0 Å². The first-order chi connectivity index (χ1) is 8.74. The fourth-order valence-corrected chi connectivity index (χ4v) is 2.56. The van der Waals surface area contributed by atoms with Gasteiger partial charge in [-0.15, -0.1) is 11.3 Å². The van der Waals surface area contributed by atoms with Crippen LogP contribution >= 0.6 is 11.3 Å². The highest BCUT2D eigenvalue weighted by atomic mass is 32.1. The number of carbonyl (C=O) groups is 1. The number of aromatic nitrogens is 1. The molecule has 94 valence electrons. The third-order valence-electron chi connectivity index (χ3n) is 2.72. The van der Waals surface area contributed by atoms with E-state index >= 15 is 0 Å². The van der Waals surface area contributed by atoms with E-state index in [1.54, 1.807) is 12.3 Å². The Bertz CT molecular complexity index is 558. The van der Waals surface area contributed by atoms with Gasteiger partial charge in [0, 0.05) is 4.88 Å². The van der Waals surface area contributed by atoms with Gasteiger partial charge in [0.15, 0.2) is 10.8 Å². The summed E-state index contributed by atoms with van der Waals surface area (Å²) in [6.45, 7) is 3.05. The summed E-state index contributed by atoms with van der Waals surface area (Å²) < 4.78 is 10.3. The number of thiazole rings is 1. The molecule has 1 amide bonds. The highest BCUT2D eigenvalue weighted by Crippen LogP contribution is 2.27. The second-order valence-electron chi connectivity index (χ2n) is 4.11. The molecule has 0 bridgehead atoms. The van der Waals surface area contributed by atoms with Crippen LogP contribution in [0.4, 0.5) is 0 Å². The van der Waals surface area contributed by atoms with Gasteiger partial charge in [0.05, 0.1) is 25.5 Å². The SMILES string of the molecule is Cc1sc(-c2ccco2)nc1C(=O)NC1COC1. The molecule has 3 heterocycles. The summed E-state index contributed by atoms with van der Waals surface area (Å²) in [5.41, 5.74) is 0.471. The number of furan rings is 1. The minimum atomic E-state index is -0.144. The lowest BCUT2D eigenvalue weighted by Gasteiger charge is -2.26. The fraction of sp³-hybridized carbons (Fsp3) is 0.333. The van der Waals surface area contributed by atoms with Gasteiger partial charge in [0.2, 0.25) is 0 Å². The van der Waals surface area contributed by atoms with Crippen molar-refractivity contribution in [2.45, 2.75) is 13.0 Å². The molecule has 0 aliphatic carbocycles. The van der Waals surface area contributed by atoms with Crippen molar-refractivity contribution in [1.29, 1.82) is 0 Å².